The average molecular weight is 326 g/mol. The lowest BCUT2D eigenvalue weighted by molar-refractivity contribution is -0.00976. The molecular formula is C16H26N2O3S. The van der Waals surface area contributed by atoms with Gasteiger partial charge in [-0.1, -0.05) is 49.6 Å². The Morgan fingerprint density at radius 3 is 2.41 bits per heavy atom. The number of hydrogen-bond donors (Lipinski definition) is 3. The van der Waals surface area contributed by atoms with E-state index in [-0.39, 0.29) is 12.3 Å². The molecule has 22 heavy (non-hydrogen) atoms. The van der Waals surface area contributed by atoms with E-state index in [1.54, 1.807) is 12.1 Å². The number of rotatable bonds is 7. The Balaban J connectivity index is 1.96. The third-order valence-electron chi connectivity index (χ3n) is 4.24. The predicted octanol–water partition coefficient (Wildman–Crippen LogP) is 1.52. The monoisotopic (exact) mass is 326 g/mol. The molecule has 1 aromatic carbocycles. The molecule has 1 saturated carbocycles. The van der Waals surface area contributed by atoms with Crippen LogP contribution in [0.15, 0.2) is 30.3 Å². The molecule has 1 atom stereocenters. The van der Waals surface area contributed by atoms with Crippen molar-refractivity contribution in [2.24, 2.45) is 5.73 Å². The number of benzene rings is 1. The highest BCUT2D eigenvalue weighted by atomic mass is 32.2. The molecule has 1 fully saturated rings. The summed E-state index contributed by atoms with van der Waals surface area (Å²) in [4.78, 5) is 0. The molecule has 0 radical (unpaired) electrons. The highest BCUT2D eigenvalue weighted by molar-refractivity contribution is 7.88. The first-order chi connectivity index (χ1) is 10.4. The van der Waals surface area contributed by atoms with E-state index in [1.807, 2.05) is 18.2 Å². The smallest absolute Gasteiger partial charge is 0.216 e. The maximum absolute atomic E-state index is 12.3. The van der Waals surface area contributed by atoms with Crippen LogP contribution < -0.4 is 10.5 Å². The van der Waals surface area contributed by atoms with Gasteiger partial charge in [0, 0.05) is 12.6 Å². The molecule has 1 unspecified atom stereocenters. The molecule has 0 aromatic heterocycles. The quantitative estimate of drug-likeness (QED) is 0.708. The minimum absolute atomic E-state index is 0.0667. The molecule has 124 valence electrons. The van der Waals surface area contributed by atoms with Crippen molar-refractivity contribution >= 4 is 10.0 Å². The second-order valence-corrected chi connectivity index (χ2v) is 8.04. The highest BCUT2D eigenvalue weighted by Crippen LogP contribution is 2.31. The van der Waals surface area contributed by atoms with Crippen molar-refractivity contribution in [2.45, 2.75) is 55.9 Å². The van der Waals surface area contributed by atoms with Gasteiger partial charge in [-0.05, 0) is 24.8 Å². The van der Waals surface area contributed by atoms with Crippen LogP contribution in [0.2, 0.25) is 0 Å². The zero-order valence-electron chi connectivity index (χ0n) is 12.9. The van der Waals surface area contributed by atoms with Gasteiger partial charge in [-0.15, -0.1) is 0 Å². The van der Waals surface area contributed by atoms with Gasteiger partial charge in [0.25, 0.3) is 0 Å². The lowest BCUT2D eigenvalue weighted by Crippen LogP contribution is -2.47. The van der Waals surface area contributed by atoms with Crippen molar-refractivity contribution in [3.05, 3.63) is 35.9 Å². The van der Waals surface area contributed by atoms with Crippen molar-refractivity contribution in [3.8, 4) is 0 Å². The summed E-state index contributed by atoms with van der Waals surface area (Å²) in [7, 11) is -3.46. The third kappa shape index (κ3) is 5.35. The number of nitrogens with two attached hydrogens (primary N) is 1. The van der Waals surface area contributed by atoms with Crippen LogP contribution in [0.3, 0.4) is 0 Å². The van der Waals surface area contributed by atoms with E-state index in [4.69, 9.17) is 5.73 Å². The van der Waals surface area contributed by atoms with E-state index in [0.717, 1.165) is 37.7 Å². The zero-order chi connectivity index (χ0) is 16.1. The van der Waals surface area contributed by atoms with Crippen LogP contribution in [0.4, 0.5) is 0 Å². The number of sulfonamides is 1. The van der Waals surface area contributed by atoms with Gasteiger partial charge in [-0.25, -0.2) is 13.1 Å². The SMILES string of the molecule is NCC(CC1(O)CCCCC1)NS(=O)(=O)Cc1ccccc1. The molecule has 1 aliphatic rings. The Hall–Kier alpha value is -0.950. The molecule has 0 bridgehead atoms. The summed E-state index contributed by atoms with van der Waals surface area (Å²) < 4.78 is 27.2. The van der Waals surface area contributed by atoms with Crippen LogP contribution in [0.5, 0.6) is 0 Å². The molecule has 0 saturated heterocycles. The molecular weight excluding hydrogens is 300 g/mol. The summed E-state index contributed by atoms with van der Waals surface area (Å²) in [6.45, 7) is 0.191. The van der Waals surface area contributed by atoms with Crippen LogP contribution in [0.25, 0.3) is 0 Å². The fourth-order valence-corrected chi connectivity index (χ4v) is 4.54. The predicted molar refractivity (Wildman–Crippen MR) is 87.7 cm³/mol. The number of aliphatic hydroxyl groups is 1. The van der Waals surface area contributed by atoms with Gasteiger partial charge in [-0.2, -0.15) is 0 Å². The van der Waals surface area contributed by atoms with Gasteiger partial charge in [0.1, 0.15) is 0 Å². The zero-order valence-corrected chi connectivity index (χ0v) is 13.7. The minimum atomic E-state index is -3.46. The fraction of sp³-hybridized carbons (Fsp3) is 0.625. The van der Waals surface area contributed by atoms with Gasteiger partial charge in [0.15, 0.2) is 0 Å². The maximum Gasteiger partial charge on any atom is 0.216 e. The lowest BCUT2D eigenvalue weighted by atomic mass is 9.80. The molecule has 1 aromatic rings. The molecule has 1 aliphatic carbocycles. The summed E-state index contributed by atoms with van der Waals surface area (Å²) >= 11 is 0. The van der Waals surface area contributed by atoms with Crippen molar-refractivity contribution in [1.82, 2.24) is 4.72 Å². The van der Waals surface area contributed by atoms with Crippen molar-refractivity contribution in [2.75, 3.05) is 6.54 Å². The fourth-order valence-electron chi connectivity index (χ4n) is 3.14. The van der Waals surface area contributed by atoms with Crippen LogP contribution >= 0.6 is 0 Å². The maximum atomic E-state index is 12.3. The number of nitrogens with one attached hydrogen (secondary N) is 1. The normalized spacial score (nSPS) is 19.7. The molecule has 5 nitrogen and oxygen atoms in total. The van der Waals surface area contributed by atoms with Gasteiger partial charge < -0.3 is 10.8 Å². The minimum Gasteiger partial charge on any atom is -0.390 e. The summed E-state index contributed by atoms with van der Waals surface area (Å²) in [6.07, 6.45) is 4.95. The van der Waals surface area contributed by atoms with Gasteiger partial charge in [-0.3, -0.25) is 0 Å². The average Bonchev–Trinajstić information content (AvgIpc) is 2.47. The van der Waals surface area contributed by atoms with Gasteiger partial charge >= 0.3 is 0 Å². The van der Waals surface area contributed by atoms with Gasteiger partial charge in [0.05, 0.1) is 11.4 Å². The summed E-state index contributed by atoms with van der Waals surface area (Å²) in [6, 6.07) is 8.63. The Labute approximate surface area is 133 Å². The topological polar surface area (TPSA) is 92.4 Å². The molecule has 6 heteroatoms. The second-order valence-electron chi connectivity index (χ2n) is 6.28. The van der Waals surface area contributed by atoms with Crippen molar-refractivity contribution in [3.63, 3.8) is 0 Å². The molecule has 0 amide bonds. The lowest BCUT2D eigenvalue weighted by Gasteiger charge is -2.35. The number of hydrogen-bond acceptors (Lipinski definition) is 4. The van der Waals surface area contributed by atoms with Gasteiger partial charge in [0.2, 0.25) is 10.0 Å². The van der Waals surface area contributed by atoms with Crippen LogP contribution in [-0.2, 0) is 15.8 Å². The Morgan fingerprint density at radius 2 is 1.82 bits per heavy atom. The van der Waals surface area contributed by atoms with E-state index in [0.29, 0.717) is 6.42 Å². The molecule has 0 aliphatic heterocycles. The van der Waals surface area contributed by atoms with E-state index in [2.05, 4.69) is 4.72 Å². The Morgan fingerprint density at radius 1 is 1.18 bits per heavy atom. The van der Waals surface area contributed by atoms with E-state index >= 15 is 0 Å². The first-order valence-electron chi connectivity index (χ1n) is 7.89. The van der Waals surface area contributed by atoms with E-state index in [1.165, 1.54) is 0 Å². The first kappa shape index (κ1) is 17.4. The summed E-state index contributed by atoms with van der Waals surface area (Å²) in [5.74, 6) is -0.0667. The summed E-state index contributed by atoms with van der Waals surface area (Å²) in [5, 5.41) is 10.6. The van der Waals surface area contributed by atoms with Crippen molar-refractivity contribution < 1.29 is 13.5 Å². The van der Waals surface area contributed by atoms with Crippen molar-refractivity contribution in [1.29, 1.82) is 0 Å². The summed E-state index contributed by atoms with van der Waals surface area (Å²) in [5.41, 5.74) is 5.67. The van der Waals surface area contributed by atoms with Crippen LogP contribution in [0, 0.1) is 0 Å². The second kappa shape index (κ2) is 7.55. The molecule has 4 N–H and O–H groups in total. The first-order valence-corrected chi connectivity index (χ1v) is 9.54. The molecule has 0 spiro atoms. The molecule has 0 heterocycles. The van der Waals surface area contributed by atoms with E-state index in [9.17, 15) is 13.5 Å². The third-order valence-corrected chi connectivity index (χ3v) is 5.65. The molecule has 2 rings (SSSR count). The largest absolute Gasteiger partial charge is 0.390 e. The Bertz CT molecular complexity index is 554. The highest BCUT2D eigenvalue weighted by Gasteiger charge is 2.33. The Kier molecular flexibility index (Phi) is 5.97. The standard InChI is InChI=1S/C16H26N2O3S/c17-12-15(11-16(19)9-5-2-6-10-16)18-22(20,21)13-14-7-3-1-4-8-14/h1,3-4,7-8,15,18-19H,2,5-6,9-13,17H2. The van der Waals surface area contributed by atoms with Crippen LogP contribution in [-0.4, -0.2) is 31.7 Å². The van der Waals surface area contributed by atoms with Crippen LogP contribution in [0.1, 0.15) is 44.1 Å². The van der Waals surface area contributed by atoms with E-state index < -0.39 is 21.7 Å².